The molecule has 0 aliphatic rings. The summed E-state index contributed by atoms with van der Waals surface area (Å²) in [6, 6.07) is 16.5. The minimum Gasteiger partial charge on any atom is -0.288 e. The monoisotopic (exact) mass is 261 g/mol. The molecule has 0 N–H and O–H groups in total. The molecule has 0 atom stereocenters. The first-order chi connectivity index (χ1) is 9.69. The number of hydrogen-bond acceptors (Lipinski definition) is 2. The van der Waals surface area contributed by atoms with E-state index in [4.69, 9.17) is 0 Å². The number of aromatic nitrogens is 2. The molecule has 0 aliphatic carbocycles. The maximum Gasteiger partial charge on any atom is 0.148 e. The highest BCUT2D eigenvalue weighted by Crippen LogP contribution is 2.18. The van der Waals surface area contributed by atoms with Crippen LogP contribution in [0, 0.1) is 25.2 Å². The molecule has 1 aromatic carbocycles. The van der Waals surface area contributed by atoms with Crippen molar-refractivity contribution in [2.24, 2.45) is 0 Å². The molecule has 2 heterocycles. The molecule has 0 saturated carbocycles. The Labute approximate surface area is 118 Å². The summed E-state index contributed by atoms with van der Waals surface area (Å²) in [5.74, 6) is 0. The Morgan fingerprint density at radius 3 is 2.55 bits per heavy atom. The molecule has 3 rings (SSSR count). The maximum absolute atomic E-state index is 9.44. The van der Waals surface area contributed by atoms with E-state index >= 15 is 0 Å². The zero-order valence-electron chi connectivity index (χ0n) is 11.6. The number of imidazole rings is 1. The number of rotatable bonds is 2. The SMILES string of the molecule is Cc1ccc(Cc2nc3cccc(C)n3c2C#N)cc1. The largest absolute Gasteiger partial charge is 0.288 e. The Kier molecular flexibility index (Phi) is 3.00. The van der Waals surface area contributed by atoms with Crippen LogP contribution >= 0.6 is 0 Å². The van der Waals surface area contributed by atoms with Crippen LogP contribution in [-0.2, 0) is 6.42 Å². The first-order valence-corrected chi connectivity index (χ1v) is 6.61. The highest BCUT2D eigenvalue weighted by atomic mass is 15.0. The van der Waals surface area contributed by atoms with Gasteiger partial charge in [-0.05, 0) is 31.5 Å². The number of benzene rings is 1. The summed E-state index contributed by atoms with van der Waals surface area (Å²) < 4.78 is 1.92. The molecule has 0 amide bonds. The van der Waals surface area contributed by atoms with Crippen LogP contribution in [-0.4, -0.2) is 9.38 Å². The second kappa shape index (κ2) is 4.82. The van der Waals surface area contributed by atoms with Crippen LogP contribution < -0.4 is 0 Å². The van der Waals surface area contributed by atoms with Crippen LogP contribution in [0.15, 0.2) is 42.5 Å². The van der Waals surface area contributed by atoms with Crippen molar-refractivity contribution >= 4 is 5.65 Å². The Morgan fingerprint density at radius 1 is 1.10 bits per heavy atom. The van der Waals surface area contributed by atoms with Gasteiger partial charge < -0.3 is 0 Å². The van der Waals surface area contributed by atoms with Gasteiger partial charge in [0.1, 0.15) is 17.4 Å². The van der Waals surface area contributed by atoms with Gasteiger partial charge in [0.25, 0.3) is 0 Å². The lowest BCUT2D eigenvalue weighted by Crippen LogP contribution is -1.96. The van der Waals surface area contributed by atoms with E-state index < -0.39 is 0 Å². The fourth-order valence-electron chi connectivity index (χ4n) is 2.44. The van der Waals surface area contributed by atoms with Crippen LogP contribution in [0.5, 0.6) is 0 Å². The maximum atomic E-state index is 9.44. The van der Waals surface area contributed by atoms with Crippen LogP contribution in [0.4, 0.5) is 0 Å². The Bertz CT molecular complexity index is 805. The average molecular weight is 261 g/mol. The molecule has 0 aliphatic heterocycles. The van der Waals surface area contributed by atoms with E-state index in [0.717, 1.165) is 17.0 Å². The van der Waals surface area contributed by atoms with Gasteiger partial charge in [0.05, 0.1) is 5.69 Å². The molecule has 98 valence electrons. The van der Waals surface area contributed by atoms with Crippen molar-refractivity contribution in [2.45, 2.75) is 20.3 Å². The lowest BCUT2D eigenvalue weighted by molar-refractivity contribution is 1.05. The fourth-order valence-corrected chi connectivity index (χ4v) is 2.44. The first-order valence-electron chi connectivity index (χ1n) is 6.61. The molecule has 0 bridgehead atoms. The molecule has 0 spiro atoms. The quantitative estimate of drug-likeness (QED) is 0.709. The predicted molar refractivity (Wildman–Crippen MR) is 78.6 cm³/mol. The van der Waals surface area contributed by atoms with Crippen molar-refractivity contribution < 1.29 is 0 Å². The smallest absolute Gasteiger partial charge is 0.148 e. The van der Waals surface area contributed by atoms with Crippen LogP contribution in [0.25, 0.3) is 5.65 Å². The minimum atomic E-state index is 0.638. The predicted octanol–water partition coefficient (Wildman–Crippen LogP) is 3.41. The van der Waals surface area contributed by atoms with Crippen molar-refractivity contribution in [3.63, 3.8) is 0 Å². The second-order valence-corrected chi connectivity index (χ2v) is 5.04. The molecule has 3 heteroatoms. The summed E-state index contributed by atoms with van der Waals surface area (Å²) in [7, 11) is 0. The summed E-state index contributed by atoms with van der Waals surface area (Å²) >= 11 is 0. The average Bonchev–Trinajstić information content (AvgIpc) is 2.80. The Morgan fingerprint density at radius 2 is 1.85 bits per heavy atom. The summed E-state index contributed by atoms with van der Waals surface area (Å²) in [6.45, 7) is 4.06. The summed E-state index contributed by atoms with van der Waals surface area (Å²) in [5, 5.41) is 9.44. The molecule has 20 heavy (non-hydrogen) atoms. The van der Waals surface area contributed by atoms with E-state index in [2.05, 4.69) is 42.2 Å². The van der Waals surface area contributed by atoms with Gasteiger partial charge in [0.15, 0.2) is 0 Å². The van der Waals surface area contributed by atoms with Gasteiger partial charge in [-0.1, -0.05) is 35.9 Å². The molecular weight excluding hydrogens is 246 g/mol. The Balaban J connectivity index is 2.10. The van der Waals surface area contributed by atoms with Crippen LogP contribution in [0.3, 0.4) is 0 Å². The molecule has 3 aromatic rings. The Hall–Kier alpha value is -2.60. The number of hydrogen-bond donors (Lipinski definition) is 0. The van der Waals surface area contributed by atoms with Gasteiger partial charge in [0.2, 0.25) is 0 Å². The molecule has 0 fully saturated rings. The highest BCUT2D eigenvalue weighted by Gasteiger charge is 2.13. The molecule has 2 aromatic heterocycles. The topological polar surface area (TPSA) is 41.1 Å². The van der Waals surface area contributed by atoms with Crippen molar-refractivity contribution in [2.75, 3.05) is 0 Å². The summed E-state index contributed by atoms with van der Waals surface area (Å²) in [6.07, 6.45) is 0.685. The lowest BCUT2D eigenvalue weighted by atomic mass is 10.1. The number of fused-ring (bicyclic) bond motifs is 1. The third kappa shape index (κ3) is 2.06. The number of nitriles is 1. The van der Waals surface area contributed by atoms with Gasteiger partial charge in [-0.15, -0.1) is 0 Å². The molecule has 0 radical (unpaired) electrons. The van der Waals surface area contributed by atoms with Crippen LogP contribution in [0.2, 0.25) is 0 Å². The first kappa shape index (κ1) is 12.4. The normalized spacial score (nSPS) is 10.7. The molecule has 0 saturated heterocycles. The van der Waals surface area contributed by atoms with Gasteiger partial charge >= 0.3 is 0 Å². The molecule has 3 nitrogen and oxygen atoms in total. The number of nitrogens with zero attached hydrogens (tertiary/aromatic N) is 3. The van der Waals surface area contributed by atoms with E-state index in [1.54, 1.807) is 0 Å². The van der Waals surface area contributed by atoms with Crippen molar-refractivity contribution in [1.82, 2.24) is 9.38 Å². The van der Waals surface area contributed by atoms with E-state index in [9.17, 15) is 5.26 Å². The number of pyridine rings is 1. The zero-order chi connectivity index (χ0) is 14.1. The molecule has 0 unspecified atom stereocenters. The van der Waals surface area contributed by atoms with Crippen molar-refractivity contribution in [3.8, 4) is 6.07 Å². The third-order valence-electron chi connectivity index (χ3n) is 3.51. The van der Waals surface area contributed by atoms with Crippen molar-refractivity contribution in [1.29, 1.82) is 5.26 Å². The van der Waals surface area contributed by atoms with Crippen molar-refractivity contribution in [3.05, 3.63) is 70.7 Å². The fraction of sp³-hybridized carbons (Fsp3) is 0.176. The van der Waals surface area contributed by atoms with E-state index in [1.807, 2.05) is 29.5 Å². The van der Waals surface area contributed by atoms with E-state index in [-0.39, 0.29) is 0 Å². The van der Waals surface area contributed by atoms with Gasteiger partial charge in [-0.2, -0.15) is 5.26 Å². The van der Waals surface area contributed by atoms with E-state index in [1.165, 1.54) is 11.1 Å². The third-order valence-corrected chi connectivity index (χ3v) is 3.51. The van der Waals surface area contributed by atoms with E-state index in [0.29, 0.717) is 12.1 Å². The van der Waals surface area contributed by atoms with Gasteiger partial charge in [-0.25, -0.2) is 4.98 Å². The lowest BCUT2D eigenvalue weighted by Gasteiger charge is -2.01. The number of aryl methyl sites for hydroxylation is 2. The summed E-state index contributed by atoms with van der Waals surface area (Å²) in [4.78, 5) is 4.60. The highest BCUT2D eigenvalue weighted by molar-refractivity contribution is 5.49. The minimum absolute atomic E-state index is 0.638. The van der Waals surface area contributed by atoms with Gasteiger partial charge in [-0.3, -0.25) is 4.40 Å². The van der Waals surface area contributed by atoms with Crippen LogP contribution in [0.1, 0.15) is 28.2 Å². The summed E-state index contributed by atoms with van der Waals surface area (Å²) in [5.41, 5.74) is 5.75. The second-order valence-electron chi connectivity index (χ2n) is 5.04. The standard InChI is InChI=1S/C17H15N3/c1-12-6-8-14(9-7-12)10-15-16(11-18)20-13(2)4-3-5-17(20)19-15/h3-9H,10H2,1-2H3. The molecular formula is C17H15N3. The van der Waals surface area contributed by atoms with Gasteiger partial charge in [0, 0.05) is 12.1 Å². The zero-order valence-corrected chi connectivity index (χ0v) is 11.6.